The Hall–Kier alpha value is -2.18. The number of hydrogen-bond acceptors (Lipinski definition) is 6. The van der Waals surface area contributed by atoms with Crippen LogP contribution in [0, 0.1) is 5.92 Å². The van der Waals surface area contributed by atoms with E-state index in [1.807, 2.05) is 0 Å². The van der Waals surface area contributed by atoms with Gasteiger partial charge in [-0.2, -0.15) is 15.0 Å². The lowest BCUT2D eigenvalue weighted by molar-refractivity contribution is 0.542. The quantitative estimate of drug-likeness (QED) is 0.860. The minimum absolute atomic E-state index is 0.223. The van der Waals surface area contributed by atoms with Crippen LogP contribution < -0.4 is 10.6 Å². The SMILES string of the molecule is CCC(C)CN(CC)c1nc(N)nc(-n2ccnc2)n1. The highest BCUT2D eigenvalue weighted by atomic mass is 15.3. The molecule has 20 heavy (non-hydrogen) atoms. The van der Waals surface area contributed by atoms with E-state index in [0.29, 0.717) is 17.8 Å². The molecule has 0 spiro atoms. The minimum atomic E-state index is 0.223. The smallest absolute Gasteiger partial charge is 0.241 e. The van der Waals surface area contributed by atoms with Crippen LogP contribution in [0.1, 0.15) is 27.2 Å². The molecular formula is C13H21N7. The number of nitrogens with two attached hydrogens (primary N) is 1. The molecular weight excluding hydrogens is 254 g/mol. The van der Waals surface area contributed by atoms with E-state index >= 15 is 0 Å². The zero-order chi connectivity index (χ0) is 14.5. The minimum Gasteiger partial charge on any atom is -0.368 e. The lowest BCUT2D eigenvalue weighted by Crippen LogP contribution is -2.30. The van der Waals surface area contributed by atoms with Gasteiger partial charge in [0.2, 0.25) is 17.8 Å². The summed E-state index contributed by atoms with van der Waals surface area (Å²) in [4.78, 5) is 19.0. The fraction of sp³-hybridized carbons (Fsp3) is 0.538. The standard InChI is InChI=1S/C13H21N7/c1-4-10(3)8-19(5-2)12-16-11(14)17-13(18-12)20-7-6-15-9-20/h6-7,9-10H,4-5,8H2,1-3H3,(H2,14,16,17,18). The van der Waals surface area contributed by atoms with Crippen LogP contribution in [-0.4, -0.2) is 37.6 Å². The van der Waals surface area contributed by atoms with E-state index in [2.05, 4.69) is 45.6 Å². The van der Waals surface area contributed by atoms with E-state index in [-0.39, 0.29) is 5.95 Å². The van der Waals surface area contributed by atoms with Crippen LogP contribution in [0.2, 0.25) is 0 Å². The molecule has 2 aromatic rings. The second kappa shape index (κ2) is 6.31. The second-order valence-electron chi connectivity index (χ2n) is 4.82. The summed E-state index contributed by atoms with van der Waals surface area (Å²) in [5.74, 6) is 1.91. The van der Waals surface area contributed by atoms with Crippen molar-refractivity contribution in [2.24, 2.45) is 5.92 Å². The van der Waals surface area contributed by atoms with Crippen LogP contribution in [0.5, 0.6) is 0 Å². The Morgan fingerprint density at radius 1 is 1.30 bits per heavy atom. The molecule has 108 valence electrons. The zero-order valence-electron chi connectivity index (χ0n) is 12.2. The van der Waals surface area contributed by atoms with E-state index in [9.17, 15) is 0 Å². The molecule has 0 saturated carbocycles. The average Bonchev–Trinajstić information content (AvgIpc) is 2.97. The van der Waals surface area contributed by atoms with Gasteiger partial charge in [0.15, 0.2) is 0 Å². The number of nitrogen functional groups attached to an aromatic ring is 1. The van der Waals surface area contributed by atoms with Gasteiger partial charge < -0.3 is 10.6 Å². The molecule has 0 amide bonds. The Labute approximate surface area is 118 Å². The van der Waals surface area contributed by atoms with Crippen molar-refractivity contribution in [3.8, 4) is 5.95 Å². The number of hydrogen-bond donors (Lipinski definition) is 1. The third-order valence-corrected chi connectivity index (χ3v) is 3.26. The molecule has 0 saturated heterocycles. The molecule has 2 aromatic heterocycles. The van der Waals surface area contributed by atoms with Gasteiger partial charge in [-0.25, -0.2) is 4.98 Å². The molecule has 7 heteroatoms. The summed E-state index contributed by atoms with van der Waals surface area (Å²) >= 11 is 0. The Balaban J connectivity index is 2.31. The predicted molar refractivity (Wildman–Crippen MR) is 78.7 cm³/mol. The molecule has 0 bridgehead atoms. The highest BCUT2D eigenvalue weighted by molar-refractivity contribution is 5.37. The summed E-state index contributed by atoms with van der Waals surface area (Å²) in [5.41, 5.74) is 5.80. The topological polar surface area (TPSA) is 85.8 Å². The summed E-state index contributed by atoms with van der Waals surface area (Å²) in [6.07, 6.45) is 6.22. The van der Waals surface area contributed by atoms with E-state index in [1.165, 1.54) is 0 Å². The van der Waals surface area contributed by atoms with Gasteiger partial charge in [0.05, 0.1) is 0 Å². The monoisotopic (exact) mass is 275 g/mol. The Bertz CT molecular complexity index is 538. The van der Waals surface area contributed by atoms with Crippen molar-refractivity contribution in [1.29, 1.82) is 0 Å². The number of imidazole rings is 1. The van der Waals surface area contributed by atoms with Crippen LogP contribution >= 0.6 is 0 Å². The fourth-order valence-corrected chi connectivity index (χ4v) is 1.86. The van der Waals surface area contributed by atoms with Crippen molar-refractivity contribution in [2.45, 2.75) is 27.2 Å². The molecule has 0 aliphatic heterocycles. The van der Waals surface area contributed by atoms with Gasteiger partial charge in [-0.15, -0.1) is 0 Å². The summed E-state index contributed by atoms with van der Waals surface area (Å²) in [6, 6.07) is 0. The number of anilines is 2. The highest BCUT2D eigenvalue weighted by Gasteiger charge is 2.14. The average molecular weight is 275 g/mol. The van der Waals surface area contributed by atoms with Gasteiger partial charge in [0, 0.05) is 25.5 Å². The number of rotatable bonds is 6. The molecule has 0 aromatic carbocycles. The third kappa shape index (κ3) is 3.23. The van der Waals surface area contributed by atoms with Gasteiger partial charge in [0.25, 0.3) is 0 Å². The largest absolute Gasteiger partial charge is 0.368 e. The molecule has 1 unspecified atom stereocenters. The first-order chi connectivity index (χ1) is 9.63. The summed E-state index contributed by atoms with van der Waals surface area (Å²) < 4.78 is 1.72. The van der Waals surface area contributed by atoms with Crippen molar-refractivity contribution in [2.75, 3.05) is 23.7 Å². The van der Waals surface area contributed by atoms with E-state index in [0.717, 1.165) is 19.5 Å². The molecule has 2 N–H and O–H groups in total. The maximum absolute atomic E-state index is 5.80. The van der Waals surface area contributed by atoms with E-state index in [4.69, 9.17) is 5.73 Å². The third-order valence-electron chi connectivity index (χ3n) is 3.26. The summed E-state index contributed by atoms with van der Waals surface area (Å²) in [6.45, 7) is 8.21. The molecule has 2 rings (SSSR count). The Kier molecular flexibility index (Phi) is 4.49. The Morgan fingerprint density at radius 3 is 2.70 bits per heavy atom. The van der Waals surface area contributed by atoms with Crippen LogP contribution in [0.3, 0.4) is 0 Å². The first-order valence-corrected chi connectivity index (χ1v) is 6.88. The molecule has 0 aliphatic carbocycles. The van der Waals surface area contributed by atoms with Gasteiger partial charge in [-0.1, -0.05) is 20.3 Å². The summed E-state index contributed by atoms with van der Waals surface area (Å²) in [7, 11) is 0. The molecule has 0 fully saturated rings. The van der Waals surface area contributed by atoms with Crippen molar-refractivity contribution in [3.63, 3.8) is 0 Å². The Morgan fingerprint density at radius 2 is 2.10 bits per heavy atom. The van der Waals surface area contributed by atoms with Crippen LogP contribution in [-0.2, 0) is 0 Å². The molecule has 7 nitrogen and oxygen atoms in total. The van der Waals surface area contributed by atoms with Gasteiger partial charge in [0.1, 0.15) is 6.33 Å². The summed E-state index contributed by atoms with van der Waals surface area (Å²) in [5, 5.41) is 0. The van der Waals surface area contributed by atoms with Crippen LogP contribution in [0.4, 0.5) is 11.9 Å². The lowest BCUT2D eigenvalue weighted by atomic mass is 10.1. The maximum atomic E-state index is 5.80. The van der Waals surface area contributed by atoms with Crippen molar-refractivity contribution in [3.05, 3.63) is 18.7 Å². The second-order valence-corrected chi connectivity index (χ2v) is 4.82. The maximum Gasteiger partial charge on any atom is 0.241 e. The molecule has 2 heterocycles. The molecule has 0 aliphatic rings. The lowest BCUT2D eigenvalue weighted by Gasteiger charge is -2.24. The van der Waals surface area contributed by atoms with Gasteiger partial charge >= 0.3 is 0 Å². The van der Waals surface area contributed by atoms with Gasteiger partial charge in [-0.05, 0) is 12.8 Å². The fourth-order valence-electron chi connectivity index (χ4n) is 1.86. The molecule has 0 radical (unpaired) electrons. The number of nitrogens with zero attached hydrogens (tertiary/aromatic N) is 6. The first-order valence-electron chi connectivity index (χ1n) is 6.88. The van der Waals surface area contributed by atoms with E-state index in [1.54, 1.807) is 23.3 Å². The van der Waals surface area contributed by atoms with Gasteiger partial charge in [-0.3, -0.25) is 4.57 Å². The van der Waals surface area contributed by atoms with E-state index < -0.39 is 0 Å². The highest BCUT2D eigenvalue weighted by Crippen LogP contribution is 2.14. The first kappa shape index (κ1) is 14.2. The van der Waals surface area contributed by atoms with Crippen LogP contribution in [0.25, 0.3) is 5.95 Å². The number of aromatic nitrogens is 5. The zero-order valence-corrected chi connectivity index (χ0v) is 12.2. The van der Waals surface area contributed by atoms with Crippen molar-refractivity contribution in [1.82, 2.24) is 24.5 Å². The normalized spacial score (nSPS) is 12.3. The van der Waals surface area contributed by atoms with Crippen molar-refractivity contribution >= 4 is 11.9 Å². The molecule has 1 atom stereocenters. The van der Waals surface area contributed by atoms with Crippen molar-refractivity contribution < 1.29 is 0 Å². The van der Waals surface area contributed by atoms with Crippen LogP contribution in [0.15, 0.2) is 18.7 Å². The predicted octanol–water partition coefficient (Wildman–Crippen LogP) is 1.51.